The van der Waals surface area contributed by atoms with Gasteiger partial charge in [-0.3, -0.25) is 14.4 Å². The maximum atomic E-state index is 11.9. The van der Waals surface area contributed by atoms with Gasteiger partial charge in [-0.25, -0.2) is 0 Å². The van der Waals surface area contributed by atoms with Crippen LogP contribution in [-0.4, -0.2) is 53.2 Å². The van der Waals surface area contributed by atoms with Crippen molar-refractivity contribution in [2.75, 3.05) is 20.2 Å². The molecule has 0 bridgehead atoms. The number of rotatable bonds is 8. The van der Waals surface area contributed by atoms with E-state index >= 15 is 0 Å². The summed E-state index contributed by atoms with van der Waals surface area (Å²) in [7, 11) is 1.52. The van der Waals surface area contributed by atoms with Crippen molar-refractivity contribution in [3.05, 3.63) is 29.8 Å². The number of aryl methyl sites for hydroxylation is 1. The summed E-state index contributed by atoms with van der Waals surface area (Å²) in [5.41, 5.74) is 0.805. The van der Waals surface area contributed by atoms with Crippen LogP contribution in [0.1, 0.15) is 12.0 Å². The second-order valence-electron chi connectivity index (χ2n) is 4.35. The van der Waals surface area contributed by atoms with Gasteiger partial charge in [0.15, 0.2) is 0 Å². The van der Waals surface area contributed by atoms with Gasteiger partial charge in [0.1, 0.15) is 18.8 Å². The predicted molar refractivity (Wildman–Crippen MR) is 73.2 cm³/mol. The molecule has 0 unspecified atom stereocenters. The lowest BCUT2D eigenvalue weighted by atomic mass is 10.1. The zero-order chi connectivity index (χ0) is 15.8. The van der Waals surface area contributed by atoms with E-state index in [0.29, 0.717) is 12.2 Å². The van der Waals surface area contributed by atoms with E-state index in [9.17, 15) is 14.4 Å². The van der Waals surface area contributed by atoms with Crippen LogP contribution in [0.4, 0.5) is 0 Å². The molecule has 0 aliphatic rings. The van der Waals surface area contributed by atoms with Gasteiger partial charge in [0.25, 0.3) is 0 Å². The number of amides is 1. The van der Waals surface area contributed by atoms with Crippen molar-refractivity contribution in [1.82, 2.24) is 4.90 Å². The highest BCUT2D eigenvalue weighted by atomic mass is 16.5. The van der Waals surface area contributed by atoms with Crippen LogP contribution in [0.15, 0.2) is 24.3 Å². The van der Waals surface area contributed by atoms with Crippen LogP contribution in [0.25, 0.3) is 0 Å². The van der Waals surface area contributed by atoms with Gasteiger partial charge in [-0.2, -0.15) is 0 Å². The van der Waals surface area contributed by atoms with Gasteiger partial charge < -0.3 is 19.8 Å². The highest BCUT2D eigenvalue weighted by Crippen LogP contribution is 2.19. The molecule has 2 N–H and O–H groups in total. The molecular formula is C14H17NO6. The summed E-state index contributed by atoms with van der Waals surface area (Å²) in [4.78, 5) is 34.1. The summed E-state index contributed by atoms with van der Waals surface area (Å²) in [5.74, 6) is -2.39. The first-order chi connectivity index (χ1) is 9.93. The number of nitrogens with zero attached hydrogens (tertiary/aromatic N) is 1. The molecule has 0 aromatic heterocycles. The van der Waals surface area contributed by atoms with E-state index in [1.54, 1.807) is 24.3 Å². The highest BCUT2D eigenvalue weighted by molar-refractivity contribution is 5.85. The number of hydrogen-bond acceptors (Lipinski definition) is 4. The van der Waals surface area contributed by atoms with Crippen molar-refractivity contribution in [3.8, 4) is 5.75 Å². The Bertz CT molecular complexity index is 512. The van der Waals surface area contributed by atoms with Gasteiger partial charge in [0, 0.05) is 6.42 Å². The topological polar surface area (TPSA) is 104 Å². The molecule has 0 saturated carbocycles. The van der Waals surface area contributed by atoms with Crippen LogP contribution < -0.4 is 4.74 Å². The Labute approximate surface area is 121 Å². The molecule has 0 saturated heterocycles. The van der Waals surface area contributed by atoms with Crippen molar-refractivity contribution in [2.45, 2.75) is 12.8 Å². The van der Waals surface area contributed by atoms with E-state index in [2.05, 4.69) is 0 Å². The molecule has 21 heavy (non-hydrogen) atoms. The number of carboxylic acid groups (broad SMARTS) is 2. The first-order valence-corrected chi connectivity index (χ1v) is 6.27. The molecule has 1 aromatic carbocycles. The molecule has 0 atom stereocenters. The number of aliphatic carboxylic acids is 2. The first-order valence-electron chi connectivity index (χ1n) is 6.27. The largest absolute Gasteiger partial charge is 0.496 e. The fourth-order valence-electron chi connectivity index (χ4n) is 1.87. The van der Waals surface area contributed by atoms with Crippen molar-refractivity contribution in [2.24, 2.45) is 0 Å². The number of para-hydroxylation sites is 1. The van der Waals surface area contributed by atoms with Gasteiger partial charge in [0.2, 0.25) is 5.91 Å². The van der Waals surface area contributed by atoms with Gasteiger partial charge in [0.05, 0.1) is 7.11 Å². The van der Waals surface area contributed by atoms with Crippen LogP contribution in [-0.2, 0) is 20.8 Å². The number of methoxy groups -OCH3 is 1. The van der Waals surface area contributed by atoms with Crippen molar-refractivity contribution in [1.29, 1.82) is 0 Å². The molecule has 0 aliphatic heterocycles. The van der Waals surface area contributed by atoms with E-state index in [4.69, 9.17) is 14.9 Å². The molecule has 1 amide bonds. The molecule has 1 rings (SSSR count). The zero-order valence-electron chi connectivity index (χ0n) is 11.6. The highest BCUT2D eigenvalue weighted by Gasteiger charge is 2.19. The lowest BCUT2D eigenvalue weighted by molar-refractivity contribution is -0.149. The summed E-state index contributed by atoms with van der Waals surface area (Å²) in [5, 5.41) is 17.4. The second kappa shape index (κ2) is 7.88. The lowest BCUT2D eigenvalue weighted by Gasteiger charge is -2.18. The zero-order valence-corrected chi connectivity index (χ0v) is 11.6. The fourth-order valence-corrected chi connectivity index (χ4v) is 1.87. The Morgan fingerprint density at radius 1 is 1.10 bits per heavy atom. The molecule has 0 fully saturated rings. The van der Waals surface area contributed by atoms with E-state index in [0.717, 1.165) is 10.5 Å². The Balaban J connectivity index is 2.68. The minimum Gasteiger partial charge on any atom is -0.496 e. The number of ether oxygens (including phenoxy) is 1. The number of carbonyl (C=O) groups is 3. The SMILES string of the molecule is COc1ccccc1CCC(=O)N(CC(=O)O)CC(=O)O. The van der Waals surface area contributed by atoms with Gasteiger partial charge in [-0.15, -0.1) is 0 Å². The molecule has 0 heterocycles. The van der Waals surface area contributed by atoms with E-state index in [1.165, 1.54) is 7.11 Å². The third-order valence-electron chi connectivity index (χ3n) is 2.81. The van der Waals surface area contributed by atoms with Crippen LogP contribution in [0.3, 0.4) is 0 Å². The lowest BCUT2D eigenvalue weighted by Crippen LogP contribution is -2.39. The first kappa shape index (κ1) is 16.5. The van der Waals surface area contributed by atoms with Crippen LogP contribution in [0.2, 0.25) is 0 Å². The van der Waals surface area contributed by atoms with Crippen LogP contribution in [0.5, 0.6) is 5.75 Å². The van der Waals surface area contributed by atoms with Crippen molar-refractivity contribution < 1.29 is 29.3 Å². The Hall–Kier alpha value is -2.57. The molecule has 1 aromatic rings. The number of hydrogen-bond donors (Lipinski definition) is 2. The van der Waals surface area contributed by atoms with E-state index in [1.807, 2.05) is 0 Å². The smallest absolute Gasteiger partial charge is 0.323 e. The summed E-state index contributed by atoms with van der Waals surface area (Å²) >= 11 is 0. The molecule has 7 nitrogen and oxygen atoms in total. The fraction of sp³-hybridized carbons (Fsp3) is 0.357. The van der Waals surface area contributed by atoms with Gasteiger partial charge in [-0.05, 0) is 18.1 Å². The third-order valence-corrected chi connectivity index (χ3v) is 2.81. The summed E-state index contributed by atoms with van der Waals surface area (Å²) < 4.78 is 5.15. The molecule has 114 valence electrons. The maximum Gasteiger partial charge on any atom is 0.323 e. The van der Waals surface area contributed by atoms with Crippen molar-refractivity contribution in [3.63, 3.8) is 0 Å². The molecule has 0 spiro atoms. The molecule has 7 heteroatoms. The number of carboxylic acids is 2. The summed E-state index contributed by atoms with van der Waals surface area (Å²) in [6.07, 6.45) is 0.361. The molecule has 0 aliphatic carbocycles. The maximum absolute atomic E-state index is 11.9. The van der Waals surface area contributed by atoms with Gasteiger partial charge in [-0.1, -0.05) is 18.2 Å². The minimum atomic E-state index is -1.25. The number of carbonyl (C=O) groups excluding carboxylic acids is 1. The minimum absolute atomic E-state index is 0.0148. The van der Waals surface area contributed by atoms with Crippen LogP contribution in [0, 0.1) is 0 Å². The standard InChI is InChI=1S/C14H17NO6/c1-21-11-5-3-2-4-10(11)6-7-12(16)15(8-13(17)18)9-14(19)20/h2-5H,6-9H2,1H3,(H,17,18)(H,19,20). The summed E-state index contributed by atoms with van der Waals surface area (Å²) in [6.45, 7) is -1.26. The normalized spacial score (nSPS) is 9.95. The average molecular weight is 295 g/mol. The Morgan fingerprint density at radius 2 is 1.67 bits per heavy atom. The van der Waals surface area contributed by atoms with E-state index in [-0.39, 0.29) is 6.42 Å². The van der Waals surface area contributed by atoms with E-state index < -0.39 is 30.9 Å². The Morgan fingerprint density at radius 3 is 2.19 bits per heavy atom. The average Bonchev–Trinajstić information content (AvgIpc) is 2.43. The van der Waals surface area contributed by atoms with Gasteiger partial charge >= 0.3 is 11.9 Å². The molecule has 0 radical (unpaired) electrons. The van der Waals surface area contributed by atoms with Crippen molar-refractivity contribution >= 4 is 17.8 Å². The predicted octanol–water partition coefficient (Wildman–Crippen LogP) is 0.626. The molecular weight excluding hydrogens is 278 g/mol. The van der Waals surface area contributed by atoms with Crippen LogP contribution >= 0.6 is 0 Å². The second-order valence-corrected chi connectivity index (χ2v) is 4.35. The quantitative estimate of drug-likeness (QED) is 0.728. The summed E-state index contributed by atoms with van der Waals surface area (Å²) in [6, 6.07) is 7.15. The number of benzene rings is 1. The Kier molecular flexibility index (Phi) is 6.19. The third kappa shape index (κ3) is 5.52. The monoisotopic (exact) mass is 295 g/mol.